The van der Waals surface area contributed by atoms with Crippen molar-refractivity contribution in [3.63, 3.8) is 0 Å². The van der Waals surface area contributed by atoms with Gasteiger partial charge in [-0.25, -0.2) is 13.2 Å². The zero-order chi connectivity index (χ0) is 30.8. The van der Waals surface area contributed by atoms with E-state index in [0.717, 1.165) is 66.8 Å². The van der Waals surface area contributed by atoms with Crippen LogP contribution < -0.4 is 0 Å². The summed E-state index contributed by atoms with van der Waals surface area (Å²) >= 11 is 0. The first-order valence-electron chi connectivity index (χ1n) is 14.7. The highest BCUT2D eigenvalue weighted by atomic mass is 19.1. The molecule has 7 rings (SSSR count). The molecule has 0 atom stereocenters. The lowest BCUT2D eigenvalue weighted by Gasteiger charge is -2.13. The van der Waals surface area contributed by atoms with Crippen LogP contribution in [0.2, 0.25) is 0 Å². The third kappa shape index (κ3) is 6.20. The lowest BCUT2D eigenvalue weighted by Crippen LogP contribution is -1.88. The van der Waals surface area contributed by atoms with E-state index >= 15 is 0 Å². The van der Waals surface area contributed by atoms with E-state index in [9.17, 15) is 13.2 Å². The Labute approximate surface area is 260 Å². The van der Waals surface area contributed by atoms with Gasteiger partial charge in [-0.3, -0.25) is 0 Å². The fraction of sp³-hybridized carbons (Fsp3) is 0. The van der Waals surface area contributed by atoms with Gasteiger partial charge in [-0.1, -0.05) is 109 Å². The zero-order valence-corrected chi connectivity index (χ0v) is 24.2. The van der Waals surface area contributed by atoms with E-state index in [2.05, 4.69) is 91.0 Å². The Bertz CT molecular complexity index is 1800. The predicted octanol–water partition coefficient (Wildman–Crippen LogP) is 12.1. The van der Waals surface area contributed by atoms with Crippen LogP contribution in [0.15, 0.2) is 164 Å². The first kappa shape index (κ1) is 28.1. The molecule has 0 aliphatic carbocycles. The molecular formula is C42H27F3. The van der Waals surface area contributed by atoms with Gasteiger partial charge in [-0.05, 0) is 121 Å². The standard InChI is InChI=1S/C42H27F3/c43-40-19-13-31(14-20-40)28-1-7-34(8-2-28)37-25-38(35-9-3-29(4-10-35)32-15-21-41(44)22-16-32)27-39(26-37)36-11-5-30(6-12-36)33-17-23-42(45)24-18-33/h1-27H. The second-order valence-electron chi connectivity index (χ2n) is 11.1. The van der Waals surface area contributed by atoms with E-state index in [4.69, 9.17) is 0 Å². The van der Waals surface area contributed by atoms with Gasteiger partial charge in [0.1, 0.15) is 17.5 Å². The van der Waals surface area contributed by atoms with Gasteiger partial charge in [-0.15, -0.1) is 0 Å². The minimum Gasteiger partial charge on any atom is -0.207 e. The Morgan fingerprint density at radius 2 is 0.311 bits per heavy atom. The molecule has 0 saturated carbocycles. The molecule has 0 N–H and O–H groups in total. The van der Waals surface area contributed by atoms with Crippen molar-refractivity contribution in [1.82, 2.24) is 0 Å². The van der Waals surface area contributed by atoms with Crippen LogP contribution in [-0.4, -0.2) is 0 Å². The summed E-state index contributed by atoms with van der Waals surface area (Å²) in [6, 6.07) is 51.1. The Morgan fingerprint density at radius 3 is 0.489 bits per heavy atom. The van der Waals surface area contributed by atoms with Crippen LogP contribution >= 0.6 is 0 Å². The first-order chi connectivity index (χ1) is 22.0. The van der Waals surface area contributed by atoms with Gasteiger partial charge in [0.15, 0.2) is 0 Å². The Hall–Kier alpha value is -5.67. The maximum absolute atomic E-state index is 13.5. The molecule has 0 amide bonds. The van der Waals surface area contributed by atoms with Crippen molar-refractivity contribution in [2.75, 3.05) is 0 Å². The van der Waals surface area contributed by atoms with Crippen molar-refractivity contribution < 1.29 is 13.2 Å². The summed E-state index contributed by atoms with van der Waals surface area (Å²) in [6.07, 6.45) is 0. The molecule has 0 aromatic heterocycles. The summed E-state index contributed by atoms with van der Waals surface area (Å²) in [5, 5.41) is 0. The molecule has 45 heavy (non-hydrogen) atoms. The highest BCUT2D eigenvalue weighted by molar-refractivity contribution is 5.83. The molecule has 216 valence electrons. The van der Waals surface area contributed by atoms with Crippen molar-refractivity contribution in [2.45, 2.75) is 0 Å². The molecule has 0 nitrogen and oxygen atoms in total. The van der Waals surface area contributed by atoms with Crippen molar-refractivity contribution in [3.05, 3.63) is 181 Å². The fourth-order valence-corrected chi connectivity index (χ4v) is 5.62. The van der Waals surface area contributed by atoms with E-state index in [1.807, 2.05) is 0 Å². The quantitative estimate of drug-likeness (QED) is 0.181. The number of benzene rings is 7. The predicted molar refractivity (Wildman–Crippen MR) is 179 cm³/mol. The average Bonchev–Trinajstić information content (AvgIpc) is 3.09. The normalized spacial score (nSPS) is 11.0. The van der Waals surface area contributed by atoms with Crippen molar-refractivity contribution in [1.29, 1.82) is 0 Å². The van der Waals surface area contributed by atoms with Gasteiger partial charge in [-0.2, -0.15) is 0 Å². The maximum atomic E-state index is 13.5. The zero-order valence-electron chi connectivity index (χ0n) is 24.2. The lowest BCUT2D eigenvalue weighted by molar-refractivity contribution is 0.627. The summed E-state index contributed by atoms with van der Waals surface area (Å²) in [7, 11) is 0. The topological polar surface area (TPSA) is 0 Å². The smallest absolute Gasteiger partial charge is 0.123 e. The monoisotopic (exact) mass is 588 g/mol. The molecule has 0 heterocycles. The van der Waals surface area contributed by atoms with Crippen LogP contribution in [0.3, 0.4) is 0 Å². The second kappa shape index (κ2) is 12.1. The molecule has 0 radical (unpaired) electrons. The van der Waals surface area contributed by atoms with Gasteiger partial charge in [0.2, 0.25) is 0 Å². The van der Waals surface area contributed by atoms with Crippen LogP contribution in [0, 0.1) is 17.5 Å². The minimum absolute atomic E-state index is 0.254. The van der Waals surface area contributed by atoms with E-state index in [1.54, 1.807) is 36.4 Å². The lowest BCUT2D eigenvalue weighted by atomic mass is 9.91. The van der Waals surface area contributed by atoms with Crippen LogP contribution in [0.5, 0.6) is 0 Å². The highest BCUT2D eigenvalue weighted by Crippen LogP contribution is 2.35. The molecule has 3 heteroatoms. The average molecular weight is 589 g/mol. The molecule has 0 bridgehead atoms. The number of halogens is 3. The second-order valence-corrected chi connectivity index (χ2v) is 11.1. The molecule has 0 aliphatic heterocycles. The third-order valence-electron chi connectivity index (χ3n) is 8.12. The van der Waals surface area contributed by atoms with Crippen LogP contribution in [0.25, 0.3) is 66.8 Å². The Balaban J connectivity index is 1.27. The van der Waals surface area contributed by atoms with Crippen LogP contribution in [0.1, 0.15) is 0 Å². The van der Waals surface area contributed by atoms with Gasteiger partial charge in [0.25, 0.3) is 0 Å². The van der Waals surface area contributed by atoms with Gasteiger partial charge < -0.3 is 0 Å². The molecule has 0 aliphatic rings. The highest BCUT2D eigenvalue weighted by Gasteiger charge is 2.10. The summed E-state index contributed by atoms with van der Waals surface area (Å²) in [5.41, 5.74) is 12.3. The third-order valence-corrected chi connectivity index (χ3v) is 8.12. The Morgan fingerprint density at radius 1 is 0.178 bits per heavy atom. The first-order valence-corrected chi connectivity index (χ1v) is 14.7. The summed E-state index contributed by atoms with van der Waals surface area (Å²) in [4.78, 5) is 0. The molecule has 7 aromatic rings. The fourth-order valence-electron chi connectivity index (χ4n) is 5.62. The van der Waals surface area contributed by atoms with Crippen LogP contribution in [-0.2, 0) is 0 Å². The summed E-state index contributed by atoms with van der Waals surface area (Å²) in [5.74, 6) is -0.761. The van der Waals surface area contributed by atoms with Crippen molar-refractivity contribution >= 4 is 0 Å². The molecule has 0 spiro atoms. The number of hydrogen-bond donors (Lipinski definition) is 0. The van der Waals surface area contributed by atoms with Crippen molar-refractivity contribution in [2.24, 2.45) is 0 Å². The Kier molecular flexibility index (Phi) is 7.59. The van der Waals surface area contributed by atoms with E-state index in [0.29, 0.717) is 0 Å². The molecular weight excluding hydrogens is 561 g/mol. The van der Waals surface area contributed by atoms with Gasteiger partial charge >= 0.3 is 0 Å². The summed E-state index contributed by atoms with van der Waals surface area (Å²) < 4.78 is 40.4. The maximum Gasteiger partial charge on any atom is 0.123 e. The molecule has 0 unspecified atom stereocenters. The largest absolute Gasteiger partial charge is 0.207 e. The van der Waals surface area contributed by atoms with E-state index in [1.165, 1.54) is 36.4 Å². The van der Waals surface area contributed by atoms with Crippen molar-refractivity contribution in [3.8, 4) is 66.8 Å². The van der Waals surface area contributed by atoms with Gasteiger partial charge in [0, 0.05) is 0 Å². The van der Waals surface area contributed by atoms with E-state index < -0.39 is 0 Å². The molecule has 0 saturated heterocycles. The number of rotatable bonds is 6. The molecule has 7 aromatic carbocycles. The minimum atomic E-state index is -0.254. The SMILES string of the molecule is Fc1ccc(-c2ccc(-c3cc(-c4ccc(-c5ccc(F)cc5)cc4)cc(-c4ccc(-c5ccc(F)cc5)cc4)c3)cc2)cc1. The van der Waals surface area contributed by atoms with Crippen LogP contribution in [0.4, 0.5) is 13.2 Å². The summed E-state index contributed by atoms with van der Waals surface area (Å²) in [6.45, 7) is 0. The number of hydrogen-bond acceptors (Lipinski definition) is 0. The van der Waals surface area contributed by atoms with E-state index in [-0.39, 0.29) is 17.5 Å². The van der Waals surface area contributed by atoms with Gasteiger partial charge in [0.05, 0.1) is 0 Å². The molecule has 0 fully saturated rings.